The molecule has 0 heterocycles. The van der Waals surface area contributed by atoms with Crippen LogP contribution >= 0.6 is 0 Å². The predicted octanol–water partition coefficient (Wildman–Crippen LogP) is 1.87. The summed E-state index contributed by atoms with van der Waals surface area (Å²) in [5.41, 5.74) is 6.36. The molecule has 0 radical (unpaired) electrons. The number of phenolic OH excluding ortho intramolecular Hbond substituents is 2. The van der Waals surface area contributed by atoms with Crippen LogP contribution in [0.15, 0.2) is 18.2 Å². The van der Waals surface area contributed by atoms with E-state index in [-0.39, 0.29) is 22.5 Å². The Morgan fingerprint density at radius 2 is 1.87 bits per heavy atom. The second-order valence-electron chi connectivity index (χ2n) is 4.95. The summed E-state index contributed by atoms with van der Waals surface area (Å²) in [6.07, 6.45) is 1.93. The van der Waals surface area contributed by atoms with Crippen LogP contribution in [0.1, 0.15) is 32.3 Å². The van der Waals surface area contributed by atoms with Crippen molar-refractivity contribution in [3.63, 3.8) is 0 Å². The summed E-state index contributed by atoms with van der Waals surface area (Å²) in [4.78, 5) is 0. The van der Waals surface area contributed by atoms with Crippen molar-refractivity contribution in [1.29, 1.82) is 0 Å². The summed E-state index contributed by atoms with van der Waals surface area (Å²) in [6, 6.07) is 5.03. The molecular formula is C12H17NO2. The van der Waals surface area contributed by atoms with Gasteiger partial charge in [-0.05, 0) is 18.9 Å². The molecule has 0 atom stereocenters. The average Bonchev–Trinajstić information content (AvgIpc) is 2.90. The van der Waals surface area contributed by atoms with Gasteiger partial charge in [0, 0.05) is 16.5 Å². The SMILES string of the molecule is CC(C)(c1cccc(O)c1O)C1(N)CC1. The second kappa shape index (κ2) is 2.89. The largest absolute Gasteiger partial charge is 0.504 e. The van der Waals surface area contributed by atoms with E-state index in [0.717, 1.165) is 18.4 Å². The quantitative estimate of drug-likeness (QED) is 0.648. The number of para-hydroxylation sites is 1. The van der Waals surface area contributed by atoms with Crippen LogP contribution in [0.2, 0.25) is 0 Å². The van der Waals surface area contributed by atoms with Crippen LogP contribution in [0.25, 0.3) is 0 Å². The molecule has 1 aromatic rings. The molecule has 4 N–H and O–H groups in total. The van der Waals surface area contributed by atoms with E-state index in [1.165, 1.54) is 6.07 Å². The Morgan fingerprint density at radius 1 is 1.27 bits per heavy atom. The van der Waals surface area contributed by atoms with Crippen LogP contribution in [-0.4, -0.2) is 15.8 Å². The molecule has 0 bridgehead atoms. The third-order valence-corrected chi connectivity index (χ3v) is 3.72. The van der Waals surface area contributed by atoms with Gasteiger partial charge in [-0.1, -0.05) is 26.0 Å². The van der Waals surface area contributed by atoms with Crippen molar-refractivity contribution in [3.8, 4) is 11.5 Å². The van der Waals surface area contributed by atoms with Crippen LogP contribution in [-0.2, 0) is 5.41 Å². The Labute approximate surface area is 89.5 Å². The number of hydrogen-bond acceptors (Lipinski definition) is 3. The summed E-state index contributed by atoms with van der Waals surface area (Å²) in [7, 11) is 0. The van der Waals surface area contributed by atoms with E-state index in [0.29, 0.717) is 0 Å². The van der Waals surface area contributed by atoms with Gasteiger partial charge in [-0.25, -0.2) is 0 Å². The van der Waals surface area contributed by atoms with E-state index in [4.69, 9.17) is 5.73 Å². The van der Waals surface area contributed by atoms with Gasteiger partial charge in [0.1, 0.15) is 0 Å². The van der Waals surface area contributed by atoms with Crippen molar-refractivity contribution in [2.45, 2.75) is 37.6 Å². The van der Waals surface area contributed by atoms with Crippen LogP contribution in [0.4, 0.5) is 0 Å². The normalized spacial score (nSPS) is 18.9. The first kappa shape index (κ1) is 10.3. The van der Waals surface area contributed by atoms with Crippen molar-refractivity contribution in [3.05, 3.63) is 23.8 Å². The van der Waals surface area contributed by atoms with Crippen molar-refractivity contribution >= 4 is 0 Å². The first-order valence-electron chi connectivity index (χ1n) is 5.19. The zero-order valence-electron chi connectivity index (χ0n) is 9.12. The minimum Gasteiger partial charge on any atom is -0.504 e. The molecule has 2 rings (SSSR count). The zero-order valence-corrected chi connectivity index (χ0v) is 9.12. The molecule has 1 aliphatic carbocycles. The van der Waals surface area contributed by atoms with Gasteiger partial charge in [-0.3, -0.25) is 0 Å². The van der Waals surface area contributed by atoms with Gasteiger partial charge in [0.2, 0.25) is 0 Å². The molecule has 15 heavy (non-hydrogen) atoms. The first-order chi connectivity index (χ1) is 6.88. The van der Waals surface area contributed by atoms with E-state index in [2.05, 4.69) is 0 Å². The summed E-state index contributed by atoms with van der Waals surface area (Å²) in [5.74, 6) is -0.121. The van der Waals surface area contributed by atoms with Gasteiger partial charge >= 0.3 is 0 Å². The van der Waals surface area contributed by atoms with E-state index in [9.17, 15) is 10.2 Å². The molecule has 0 spiro atoms. The third kappa shape index (κ3) is 1.38. The molecule has 0 unspecified atom stereocenters. The average molecular weight is 207 g/mol. The molecule has 0 aromatic heterocycles. The lowest BCUT2D eigenvalue weighted by Gasteiger charge is -2.33. The lowest BCUT2D eigenvalue weighted by Crippen LogP contribution is -2.43. The highest BCUT2D eigenvalue weighted by Gasteiger charge is 2.52. The van der Waals surface area contributed by atoms with Crippen molar-refractivity contribution in [2.75, 3.05) is 0 Å². The fraction of sp³-hybridized carbons (Fsp3) is 0.500. The molecular weight excluding hydrogens is 190 g/mol. The molecule has 3 nitrogen and oxygen atoms in total. The van der Waals surface area contributed by atoms with Crippen LogP contribution < -0.4 is 5.73 Å². The number of nitrogens with two attached hydrogens (primary N) is 1. The minimum absolute atomic E-state index is 0.0424. The molecule has 3 heteroatoms. The van der Waals surface area contributed by atoms with Crippen molar-refractivity contribution in [1.82, 2.24) is 0 Å². The monoisotopic (exact) mass is 207 g/mol. The Kier molecular flexibility index (Phi) is 1.98. The van der Waals surface area contributed by atoms with E-state index in [1.807, 2.05) is 19.9 Å². The molecule has 1 fully saturated rings. The number of rotatable bonds is 2. The Balaban J connectivity index is 2.49. The van der Waals surface area contributed by atoms with Crippen molar-refractivity contribution < 1.29 is 10.2 Å². The van der Waals surface area contributed by atoms with E-state index in [1.54, 1.807) is 6.07 Å². The standard InChI is InChI=1S/C12H17NO2/c1-11(2,12(13)6-7-12)8-4-3-5-9(14)10(8)15/h3-5,14-15H,6-7,13H2,1-2H3. The van der Waals surface area contributed by atoms with Crippen LogP contribution in [0.5, 0.6) is 11.5 Å². The van der Waals surface area contributed by atoms with Gasteiger partial charge < -0.3 is 15.9 Å². The van der Waals surface area contributed by atoms with Crippen LogP contribution in [0.3, 0.4) is 0 Å². The summed E-state index contributed by atoms with van der Waals surface area (Å²) < 4.78 is 0. The molecule has 1 aromatic carbocycles. The highest BCUT2D eigenvalue weighted by atomic mass is 16.3. The summed E-state index contributed by atoms with van der Waals surface area (Å²) in [5, 5.41) is 19.3. The smallest absolute Gasteiger partial charge is 0.161 e. The Hall–Kier alpha value is -1.22. The van der Waals surface area contributed by atoms with Gasteiger partial charge in [0.05, 0.1) is 0 Å². The number of phenols is 2. The molecule has 0 aliphatic heterocycles. The van der Waals surface area contributed by atoms with Crippen molar-refractivity contribution in [2.24, 2.45) is 5.73 Å². The fourth-order valence-electron chi connectivity index (χ4n) is 2.06. The number of aromatic hydroxyl groups is 2. The second-order valence-corrected chi connectivity index (χ2v) is 4.95. The maximum Gasteiger partial charge on any atom is 0.161 e. The molecule has 1 aliphatic rings. The lowest BCUT2D eigenvalue weighted by atomic mass is 9.75. The minimum atomic E-state index is -0.310. The topological polar surface area (TPSA) is 66.5 Å². The molecule has 82 valence electrons. The maximum absolute atomic E-state index is 9.82. The van der Waals surface area contributed by atoms with Gasteiger partial charge in [-0.2, -0.15) is 0 Å². The fourth-order valence-corrected chi connectivity index (χ4v) is 2.06. The Bertz CT molecular complexity index is 395. The highest BCUT2D eigenvalue weighted by Crippen LogP contribution is 2.52. The molecule has 0 amide bonds. The first-order valence-corrected chi connectivity index (χ1v) is 5.19. The predicted molar refractivity (Wildman–Crippen MR) is 59.0 cm³/mol. The maximum atomic E-state index is 9.82. The summed E-state index contributed by atoms with van der Waals surface area (Å²) >= 11 is 0. The number of benzene rings is 1. The van der Waals surface area contributed by atoms with E-state index < -0.39 is 0 Å². The number of hydrogen-bond donors (Lipinski definition) is 3. The lowest BCUT2D eigenvalue weighted by molar-refractivity contribution is 0.350. The molecule has 0 saturated heterocycles. The van der Waals surface area contributed by atoms with Gasteiger partial charge in [-0.15, -0.1) is 0 Å². The molecule has 1 saturated carbocycles. The zero-order chi connectivity index (χ0) is 11.3. The van der Waals surface area contributed by atoms with Gasteiger partial charge in [0.25, 0.3) is 0 Å². The van der Waals surface area contributed by atoms with E-state index >= 15 is 0 Å². The Morgan fingerprint density at radius 3 is 2.40 bits per heavy atom. The van der Waals surface area contributed by atoms with Crippen LogP contribution in [0, 0.1) is 0 Å². The van der Waals surface area contributed by atoms with Gasteiger partial charge in [0.15, 0.2) is 11.5 Å². The highest BCUT2D eigenvalue weighted by molar-refractivity contribution is 5.50. The summed E-state index contributed by atoms with van der Waals surface area (Å²) in [6.45, 7) is 4.02. The third-order valence-electron chi connectivity index (χ3n) is 3.72.